The molecule has 4 nitrogen and oxygen atoms in total. The largest absolute Gasteiger partial charge is 0.352 e. The van der Waals surface area contributed by atoms with Gasteiger partial charge in [0.05, 0.1) is 18.6 Å². The summed E-state index contributed by atoms with van der Waals surface area (Å²) in [7, 11) is 3.81. The molecule has 0 aliphatic carbocycles. The van der Waals surface area contributed by atoms with Crippen molar-refractivity contribution in [2.75, 3.05) is 11.9 Å². The number of aryl methyl sites for hydroxylation is 1. The summed E-state index contributed by atoms with van der Waals surface area (Å²) in [5.41, 5.74) is 0.674. The standard InChI is InChI=1S/C12H14ClFN4/c1-17-4-3-15-11(17)8-18(2)12-9(6-13)5-10(14)7-16-12/h3-5,7H,6,8H2,1-2H3. The van der Waals surface area contributed by atoms with Gasteiger partial charge in [0.1, 0.15) is 17.5 Å². The van der Waals surface area contributed by atoms with Crippen LogP contribution in [0.2, 0.25) is 0 Å². The molecule has 0 atom stereocenters. The summed E-state index contributed by atoms with van der Waals surface area (Å²) in [5, 5.41) is 0. The third-order valence-corrected chi connectivity index (χ3v) is 3.00. The summed E-state index contributed by atoms with van der Waals surface area (Å²) < 4.78 is 15.0. The lowest BCUT2D eigenvalue weighted by Crippen LogP contribution is -2.21. The second kappa shape index (κ2) is 5.35. The molecule has 0 aliphatic heterocycles. The fraction of sp³-hybridized carbons (Fsp3) is 0.333. The first-order valence-electron chi connectivity index (χ1n) is 5.49. The Morgan fingerprint density at radius 2 is 2.22 bits per heavy atom. The number of hydrogen-bond acceptors (Lipinski definition) is 3. The van der Waals surface area contributed by atoms with Crippen molar-refractivity contribution in [2.24, 2.45) is 7.05 Å². The molecule has 2 aromatic rings. The van der Waals surface area contributed by atoms with Gasteiger partial charge < -0.3 is 9.47 Å². The molecule has 2 rings (SSSR count). The summed E-state index contributed by atoms with van der Waals surface area (Å²) in [6.45, 7) is 0.589. The number of pyridine rings is 1. The molecule has 0 aromatic carbocycles. The summed E-state index contributed by atoms with van der Waals surface area (Å²) in [6, 6.07) is 1.41. The van der Waals surface area contributed by atoms with Crippen LogP contribution < -0.4 is 4.90 Å². The van der Waals surface area contributed by atoms with Crippen LogP contribution in [0.5, 0.6) is 0 Å². The van der Waals surface area contributed by atoms with Gasteiger partial charge in [-0.3, -0.25) is 0 Å². The second-order valence-corrected chi connectivity index (χ2v) is 4.35. The predicted molar refractivity (Wildman–Crippen MR) is 69.1 cm³/mol. The van der Waals surface area contributed by atoms with Crippen LogP contribution >= 0.6 is 11.6 Å². The molecule has 0 spiro atoms. The van der Waals surface area contributed by atoms with Crippen molar-refractivity contribution in [1.82, 2.24) is 14.5 Å². The molecule has 0 amide bonds. The molecule has 0 saturated heterocycles. The zero-order valence-corrected chi connectivity index (χ0v) is 11.0. The van der Waals surface area contributed by atoms with E-state index in [0.29, 0.717) is 17.9 Å². The van der Waals surface area contributed by atoms with Gasteiger partial charge in [0.2, 0.25) is 0 Å². The average Bonchev–Trinajstić information content (AvgIpc) is 2.74. The number of halogens is 2. The van der Waals surface area contributed by atoms with Crippen molar-refractivity contribution in [3.05, 3.63) is 41.9 Å². The average molecular weight is 269 g/mol. The zero-order valence-electron chi connectivity index (χ0n) is 10.3. The highest BCUT2D eigenvalue weighted by Gasteiger charge is 2.12. The molecule has 96 valence electrons. The Hall–Kier alpha value is -1.62. The fourth-order valence-corrected chi connectivity index (χ4v) is 1.95. The van der Waals surface area contributed by atoms with E-state index in [1.165, 1.54) is 12.3 Å². The molecule has 18 heavy (non-hydrogen) atoms. The van der Waals surface area contributed by atoms with E-state index >= 15 is 0 Å². The monoisotopic (exact) mass is 268 g/mol. The van der Waals surface area contributed by atoms with Crippen molar-refractivity contribution in [3.8, 4) is 0 Å². The van der Waals surface area contributed by atoms with Crippen LogP contribution in [-0.2, 0) is 19.5 Å². The molecule has 0 N–H and O–H groups in total. The van der Waals surface area contributed by atoms with E-state index in [0.717, 1.165) is 5.82 Å². The van der Waals surface area contributed by atoms with Gasteiger partial charge in [-0.25, -0.2) is 14.4 Å². The van der Waals surface area contributed by atoms with E-state index in [2.05, 4.69) is 9.97 Å². The quantitative estimate of drug-likeness (QED) is 0.798. The molecule has 0 aliphatic rings. The summed E-state index contributed by atoms with van der Waals surface area (Å²) in [5.74, 6) is 1.43. The van der Waals surface area contributed by atoms with Gasteiger partial charge in [-0.2, -0.15) is 0 Å². The van der Waals surface area contributed by atoms with Crippen molar-refractivity contribution in [1.29, 1.82) is 0 Å². The minimum Gasteiger partial charge on any atom is -0.352 e. The van der Waals surface area contributed by atoms with Crippen molar-refractivity contribution in [3.63, 3.8) is 0 Å². The Balaban J connectivity index is 2.23. The second-order valence-electron chi connectivity index (χ2n) is 4.08. The van der Waals surface area contributed by atoms with E-state index in [4.69, 9.17) is 11.6 Å². The fourth-order valence-electron chi connectivity index (χ4n) is 1.75. The maximum atomic E-state index is 13.1. The number of aromatic nitrogens is 3. The van der Waals surface area contributed by atoms with E-state index in [1.54, 1.807) is 6.20 Å². The van der Waals surface area contributed by atoms with Gasteiger partial charge in [-0.15, -0.1) is 11.6 Å². The van der Waals surface area contributed by atoms with Crippen LogP contribution in [0.25, 0.3) is 0 Å². The minimum atomic E-state index is -0.375. The molecule has 0 radical (unpaired) electrons. The predicted octanol–water partition coefficient (Wildman–Crippen LogP) is 2.33. The van der Waals surface area contributed by atoms with Crippen LogP contribution in [0.3, 0.4) is 0 Å². The minimum absolute atomic E-state index is 0.227. The lowest BCUT2D eigenvalue weighted by Gasteiger charge is -2.20. The van der Waals surface area contributed by atoms with E-state index in [1.807, 2.05) is 29.8 Å². The molecule has 6 heteroatoms. The van der Waals surface area contributed by atoms with E-state index < -0.39 is 0 Å². The number of rotatable bonds is 4. The van der Waals surface area contributed by atoms with Crippen LogP contribution in [0.4, 0.5) is 10.2 Å². The van der Waals surface area contributed by atoms with Gasteiger partial charge in [0.15, 0.2) is 0 Å². The lowest BCUT2D eigenvalue weighted by molar-refractivity contribution is 0.618. The third kappa shape index (κ3) is 2.61. The highest BCUT2D eigenvalue weighted by Crippen LogP contribution is 2.20. The van der Waals surface area contributed by atoms with Crippen LogP contribution in [-0.4, -0.2) is 21.6 Å². The first-order valence-corrected chi connectivity index (χ1v) is 6.03. The van der Waals surface area contributed by atoms with Crippen molar-refractivity contribution < 1.29 is 4.39 Å². The molecule has 0 unspecified atom stereocenters. The molecule has 0 saturated carbocycles. The van der Waals surface area contributed by atoms with Crippen LogP contribution in [0, 0.1) is 5.82 Å². The van der Waals surface area contributed by atoms with Gasteiger partial charge in [-0.1, -0.05) is 0 Å². The maximum Gasteiger partial charge on any atom is 0.141 e. The van der Waals surface area contributed by atoms with E-state index in [9.17, 15) is 4.39 Å². The number of imidazole rings is 1. The number of hydrogen-bond donors (Lipinski definition) is 0. The first-order chi connectivity index (χ1) is 8.61. The normalized spacial score (nSPS) is 10.7. The molecule has 0 fully saturated rings. The van der Waals surface area contributed by atoms with Crippen molar-refractivity contribution >= 4 is 17.4 Å². The summed E-state index contributed by atoms with van der Waals surface area (Å²) in [4.78, 5) is 10.2. The molecular formula is C12H14ClFN4. The Kier molecular flexibility index (Phi) is 3.81. The van der Waals surface area contributed by atoms with Gasteiger partial charge >= 0.3 is 0 Å². The summed E-state index contributed by atoms with van der Waals surface area (Å²) >= 11 is 5.81. The zero-order chi connectivity index (χ0) is 13.1. The molecule has 0 bridgehead atoms. The lowest BCUT2D eigenvalue weighted by atomic mass is 10.2. The smallest absolute Gasteiger partial charge is 0.141 e. The first kappa shape index (κ1) is 12.8. The third-order valence-electron chi connectivity index (χ3n) is 2.71. The Morgan fingerprint density at radius 1 is 1.44 bits per heavy atom. The number of nitrogens with zero attached hydrogens (tertiary/aromatic N) is 4. The van der Waals surface area contributed by atoms with Gasteiger partial charge in [-0.05, 0) is 6.07 Å². The highest BCUT2D eigenvalue weighted by molar-refractivity contribution is 6.17. The van der Waals surface area contributed by atoms with Gasteiger partial charge in [0, 0.05) is 32.1 Å². The maximum absolute atomic E-state index is 13.1. The molecule has 2 aromatic heterocycles. The topological polar surface area (TPSA) is 34.0 Å². The van der Waals surface area contributed by atoms with Crippen molar-refractivity contribution in [2.45, 2.75) is 12.4 Å². The molecular weight excluding hydrogens is 255 g/mol. The molecule has 2 heterocycles. The Bertz CT molecular complexity index is 541. The number of anilines is 1. The van der Waals surface area contributed by atoms with Gasteiger partial charge in [0.25, 0.3) is 0 Å². The van der Waals surface area contributed by atoms with E-state index in [-0.39, 0.29) is 11.7 Å². The highest BCUT2D eigenvalue weighted by atomic mass is 35.5. The summed E-state index contributed by atoms with van der Waals surface area (Å²) in [6.07, 6.45) is 4.81. The Morgan fingerprint density at radius 3 is 2.83 bits per heavy atom. The Labute approximate surface area is 110 Å². The SMILES string of the molecule is CN(Cc1nccn1C)c1ncc(F)cc1CCl. The van der Waals surface area contributed by atoms with Crippen LogP contribution in [0.15, 0.2) is 24.7 Å². The number of alkyl halides is 1. The van der Waals surface area contributed by atoms with Crippen LogP contribution in [0.1, 0.15) is 11.4 Å².